The Morgan fingerprint density at radius 3 is 1.22 bits per heavy atom. The van der Waals surface area contributed by atoms with Gasteiger partial charge in [-0.15, -0.1) is 0 Å². The number of halogens is 10. The molecule has 0 aromatic heterocycles. The molecule has 0 aliphatic carbocycles. The highest BCUT2D eigenvalue weighted by Gasteiger charge is 2.86. The minimum atomic E-state index is -7.16. The van der Waals surface area contributed by atoms with Crippen LogP contribution in [0.5, 0.6) is 0 Å². The second kappa shape index (κ2) is 4.14. The monoisotopic (exact) mass is 296 g/mol. The first-order valence-electron chi connectivity index (χ1n) is 4.17. The molecule has 0 aliphatic heterocycles. The fourth-order valence-electron chi connectivity index (χ4n) is 0.838. The molecule has 0 unspecified atom stereocenters. The van der Waals surface area contributed by atoms with Gasteiger partial charge in [-0.3, -0.25) is 0 Å². The van der Waals surface area contributed by atoms with Crippen LogP contribution >= 0.6 is 0 Å². The van der Waals surface area contributed by atoms with E-state index in [1.807, 2.05) is 0 Å². The Hall–Kier alpha value is -0.740. The summed E-state index contributed by atoms with van der Waals surface area (Å²) in [6.45, 7) is 0.263. The van der Waals surface area contributed by atoms with Crippen LogP contribution in [0.25, 0.3) is 0 Å². The molecule has 0 saturated carbocycles. The van der Waals surface area contributed by atoms with E-state index in [-0.39, 0.29) is 6.92 Å². The number of hydrogen-bond acceptors (Lipinski definition) is 1. The third-order valence-corrected chi connectivity index (χ3v) is 2.07. The fraction of sp³-hybridized carbons (Fsp3) is 1.00. The molecule has 0 radical (unpaired) electrons. The molecule has 0 saturated heterocycles. The van der Waals surface area contributed by atoms with Crippen LogP contribution in [0, 0.1) is 0 Å². The van der Waals surface area contributed by atoms with Crippen molar-refractivity contribution >= 4 is 0 Å². The fourth-order valence-corrected chi connectivity index (χ4v) is 0.838. The molecule has 0 heterocycles. The first kappa shape index (κ1) is 17.3. The van der Waals surface area contributed by atoms with Crippen molar-refractivity contribution in [1.29, 1.82) is 0 Å². The molecule has 110 valence electrons. The lowest BCUT2D eigenvalue weighted by molar-refractivity contribution is -0.437. The first-order valence-corrected chi connectivity index (χ1v) is 4.17. The molecule has 0 spiro atoms. The average Bonchev–Trinajstić information content (AvgIpc) is 2.15. The van der Waals surface area contributed by atoms with Gasteiger partial charge < -0.3 is 5.11 Å². The number of alkyl halides is 10. The van der Waals surface area contributed by atoms with Crippen LogP contribution in [-0.4, -0.2) is 34.9 Å². The smallest absolute Gasteiger partial charge is 0.331 e. The highest BCUT2D eigenvalue weighted by molar-refractivity contribution is 5.05. The van der Waals surface area contributed by atoms with Gasteiger partial charge in [0.2, 0.25) is 0 Å². The summed E-state index contributed by atoms with van der Waals surface area (Å²) < 4.78 is 123. The maximum atomic E-state index is 12.6. The molecular weight excluding hydrogens is 290 g/mol. The van der Waals surface area contributed by atoms with Crippen LogP contribution < -0.4 is 0 Å². The number of hydrogen-bond donors (Lipinski definition) is 1. The van der Waals surface area contributed by atoms with Crippen molar-refractivity contribution in [3.63, 3.8) is 0 Å². The van der Waals surface area contributed by atoms with Gasteiger partial charge in [0.05, 0.1) is 0 Å². The van der Waals surface area contributed by atoms with Crippen molar-refractivity contribution in [1.82, 2.24) is 0 Å². The molecule has 0 bridgehead atoms. The van der Waals surface area contributed by atoms with Crippen molar-refractivity contribution in [2.24, 2.45) is 0 Å². The van der Waals surface area contributed by atoms with Gasteiger partial charge in [0.15, 0.2) is 0 Å². The van der Waals surface area contributed by atoms with E-state index in [9.17, 15) is 43.9 Å². The highest BCUT2D eigenvalue weighted by Crippen LogP contribution is 2.56. The Labute approximate surface area is 93.4 Å². The molecule has 1 N–H and O–H groups in total. The molecule has 0 fully saturated rings. The molecule has 0 rings (SSSR count). The zero-order valence-corrected chi connectivity index (χ0v) is 8.43. The van der Waals surface area contributed by atoms with Crippen LogP contribution in [0.1, 0.15) is 13.3 Å². The van der Waals surface area contributed by atoms with E-state index in [2.05, 4.69) is 0 Å². The zero-order valence-electron chi connectivity index (χ0n) is 8.43. The predicted octanol–water partition coefficient (Wildman–Crippen LogP) is 3.52. The first-order chi connectivity index (χ1) is 7.56. The molecule has 0 atom stereocenters. The van der Waals surface area contributed by atoms with Crippen LogP contribution in [-0.2, 0) is 0 Å². The van der Waals surface area contributed by atoms with E-state index in [4.69, 9.17) is 5.11 Å². The minimum absolute atomic E-state index is 0.263. The lowest BCUT2D eigenvalue weighted by Gasteiger charge is -2.37. The summed E-state index contributed by atoms with van der Waals surface area (Å²) in [4.78, 5) is 0. The maximum Gasteiger partial charge on any atom is 0.423 e. The Bertz CT molecular complexity index is 304. The van der Waals surface area contributed by atoms with E-state index in [1.165, 1.54) is 0 Å². The van der Waals surface area contributed by atoms with Gasteiger partial charge in [-0.2, -0.15) is 43.9 Å². The Balaban J connectivity index is 5.80. The Kier molecular flexibility index (Phi) is 3.97. The van der Waals surface area contributed by atoms with Gasteiger partial charge in [0.1, 0.15) is 0 Å². The van der Waals surface area contributed by atoms with Crippen molar-refractivity contribution in [2.75, 3.05) is 0 Å². The van der Waals surface area contributed by atoms with Crippen LogP contribution in [0.3, 0.4) is 0 Å². The summed E-state index contributed by atoms with van der Waals surface area (Å²) >= 11 is 0. The highest BCUT2D eigenvalue weighted by atomic mass is 19.4. The largest absolute Gasteiger partial charge is 0.423 e. The van der Waals surface area contributed by atoms with Gasteiger partial charge in [0, 0.05) is 6.42 Å². The normalized spacial score (nSPS) is 16.0. The Morgan fingerprint density at radius 1 is 0.667 bits per heavy atom. The molecule has 0 amide bonds. The number of rotatable bonds is 5. The van der Waals surface area contributed by atoms with Gasteiger partial charge in [0.25, 0.3) is 0 Å². The molecular formula is C7H6F10O. The third kappa shape index (κ3) is 2.12. The van der Waals surface area contributed by atoms with Gasteiger partial charge in [-0.25, -0.2) is 0 Å². The molecule has 0 aromatic carbocycles. The third-order valence-electron chi connectivity index (χ3n) is 2.07. The predicted molar refractivity (Wildman–Crippen MR) is 37.2 cm³/mol. The quantitative estimate of drug-likeness (QED) is 0.770. The van der Waals surface area contributed by atoms with E-state index in [0.717, 1.165) is 0 Å². The summed E-state index contributed by atoms with van der Waals surface area (Å²) in [7, 11) is 0. The van der Waals surface area contributed by atoms with Crippen molar-refractivity contribution < 1.29 is 49.0 Å². The molecule has 18 heavy (non-hydrogen) atoms. The summed E-state index contributed by atoms with van der Waals surface area (Å²) in [5, 5.41) is 7.44. The van der Waals surface area contributed by atoms with Crippen LogP contribution in [0.4, 0.5) is 43.9 Å². The Morgan fingerprint density at radius 2 is 1.00 bits per heavy atom. The maximum absolute atomic E-state index is 12.6. The summed E-state index contributed by atoms with van der Waals surface area (Å²) in [6, 6.07) is 0. The lowest BCUT2D eigenvalue weighted by atomic mass is 9.96. The van der Waals surface area contributed by atoms with E-state index in [0.29, 0.717) is 0 Å². The molecule has 11 heteroatoms. The SMILES string of the molecule is CCC(F)(F)C(F)(F)C(F)(F)C(F)(F)C(O)(F)F. The van der Waals surface area contributed by atoms with Crippen molar-refractivity contribution in [3.05, 3.63) is 0 Å². The standard InChI is InChI=1S/C7H6F10O/c1-2-3(8,9)4(10,11)5(12,13)6(14,15)7(16,17)18/h18H,2H2,1H3. The minimum Gasteiger partial charge on any atom is -0.331 e. The summed E-state index contributed by atoms with van der Waals surface area (Å²) in [5.41, 5.74) is 0. The topological polar surface area (TPSA) is 20.2 Å². The summed E-state index contributed by atoms with van der Waals surface area (Å²) in [5.74, 6) is -26.7. The van der Waals surface area contributed by atoms with Gasteiger partial charge in [-0.05, 0) is 0 Å². The molecule has 1 nitrogen and oxygen atoms in total. The second-order valence-electron chi connectivity index (χ2n) is 3.32. The van der Waals surface area contributed by atoms with Crippen LogP contribution in [0.15, 0.2) is 0 Å². The van der Waals surface area contributed by atoms with Crippen LogP contribution in [0.2, 0.25) is 0 Å². The van der Waals surface area contributed by atoms with Gasteiger partial charge in [-0.1, -0.05) is 6.92 Å². The van der Waals surface area contributed by atoms with E-state index < -0.39 is 36.2 Å². The zero-order chi connectivity index (χ0) is 15.2. The van der Waals surface area contributed by atoms with Crippen molar-refractivity contribution in [3.8, 4) is 0 Å². The van der Waals surface area contributed by atoms with Crippen molar-refractivity contribution in [2.45, 2.75) is 43.1 Å². The number of aliphatic hydroxyl groups is 1. The van der Waals surface area contributed by atoms with E-state index in [1.54, 1.807) is 0 Å². The average molecular weight is 296 g/mol. The van der Waals surface area contributed by atoms with Gasteiger partial charge >= 0.3 is 29.8 Å². The second-order valence-corrected chi connectivity index (χ2v) is 3.32. The lowest BCUT2D eigenvalue weighted by Crippen LogP contribution is -2.67. The molecule has 0 aliphatic rings. The molecule has 0 aromatic rings. The summed E-state index contributed by atoms with van der Waals surface area (Å²) in [6.07, 6.45) is -8.59. The van der Waals surface area contributed by atoms with E-state index >= 15 is 0 Å².